The van der Waals surface area contributed by atoms with Crippen LogP contribution in [-0.2, 0) is 11.3 Å². The second-order valence-electron chi connectivity index (χ2n) is 5.47. The summed E-state index contributed by atoms with van der Waals surface area (Å²) >= 11 is 7.21. The lowest BCUT2D eigenvalue weighted by atomic mass is 10.3. The van der Waals surface area contributed by atoms with Gasteiger partial charge in [-0.15, -0.1) is 5.10 Å². The third kappa shape index (κ3) is 5.63. The van der Waals surface area contributed by atoms with Crippen LogP contribution in [0.4, 0.5) is 11.4 Å². The summed E-state index contributed by atoms with van der Waals surface area (Å²) in [5.74, 6) is 1.21. The molecule has 3 rings (SSSR count). The van der Waals surface area contributed by atoms with E-state index >= 15 is 0 Å². The van der Waals surface area contributed by atoms with Gasteiger partial charge in [-0.3, -0.25) is 9.89 Å². The van der Waals surface area contributed by atoms with Crippen LogP contribution >= 0.6 is 23.4 Å². The first kappa shape index (κ1) is 19.1. The number of nitrogens with zero attached hydrogens (tertiary/aromatic N) is 2. The minimum atomic E-state index is -0.200. The van der Waals surface area contributed by atoms with E-state index in [1.807, 2.05) is 30.3 Å². The normalized spacial score (nSPS) is 10.4. The quantitative estimate of drug-likeness (QED) is 0.495. The van der Waals surface area contributed by atoms with Crippen molar-refractivity contribution in [3.63, 3.8) is 0 Å². The van der Waals surface area contributed by atoms with Crippen molar-refractivity contribution >= 4 is 40.6 Å². The number of anilines is 2. The van der Waals surface area contributed by atoms with Crippen molar-refractivity contribution in [3.05, 3.63) is 59.4 Å². The lowest BCUT2D eigenvalue weighted by molar-refractivity contribution is -0.113. The van der Waals surface area contributed by atoms with Crippen molar-refractivity contribution in [2.75, 3.05) is 23.5 Å². The Kier molecular flexibility index (Phi) is 6.56. The Bertz CT molecular complexity index is 904. The maximum absolute atomic E-state index is 12.2. The summed E-state index contributed by atoms with van der Waals surface area (Å²) in [4.78, 5) is 16.5. The van der Waals surface area contributed by atoms with E-state index in [0.29, 0.717) is 34.0 Å². The molecular formula is C18H18ClN5O2S. The molecule has 1 amide bonds. The van der Waals surface area contributed by atoms with E-state index < -0.39 is 0 Å². The van der Waals surface area contributed by atoms with Gasteiger partial charge in [0.15, 0.2) is 0 Å². The summed E-state index contributed by atoms with van der Waals surface area (Å²) in [6.45, 7) is 0.517. The fourth-order valence-electron chi connectivity index (χ4n) is 2.26. The van der Waals surface area contributed by atoms with Crippen LogP contribution in [0.25, 0.3) is 0 Å². The zero-order chi connectivity index (χ0) is 19.1. The Hall–Kier alpha value is -2.71. The van der Waals surface area contributed by atoms with Gasteiger partial charge < -0.3 is 15.4 Å². The maximum Gasteiger partial charge on any atom is 0.234 e. The molecule has 0 bridgehead atoms. The second kappa shape index (κ2) is 9.29. The first-order valence-electron chi connectivity index (χ1n) is 8.10. The fourth-order valence-corrected chi connectivity index (χ4v) is 3.05. The third-order valence-corrected chi connectivity index (χ3v) is 4.60. The largest absolute Gasteiger partial charge is 0.495 e. The first-order valence-corrected chi connectivity index (χ1v) is 9.47. The van der Waals surface area contributed by atoms with E-state index in [1.165, 1.54) is 18.9 Å². The summed E-state index contributed by atoms with van der Waals surface area (Å²) in [6.07, 6.45) is 0. The highest BCUT2D eigenvalue weighted by Crippen LogP contribution is 2.28. The molecule has 1 heterocycles. The Morgan fingerprint density at radius 3 is 2.85 bits per heavy atom. The second-order valence-corrected chi connectivity index (χ2v) is 6.84. The highest BCUT2D eigenvalue weighted by atomic mass is 35.5. The highest BCUT2D eigenvalue weighted by molar-refractivity contribution is 7.99. The summed E-state index contributed by atoms with van der Waals surface area (Å²) < 4.78 is 5.21. The number of amides is 1. The molecule has 0 saturated carbocycles. The lowest BCUT2D eigenvalue weighted by Gasteiger charge is -2.09. The number of aromatic nitrogens is 3. The SMILES string of the molecule is COc1ccc(Cl)cc1NC(=O)CSc1n[nH]c(CNc2ccccc2)n1. The number of aromatic amines is 1. The van der Waals surface area contributed by atoms with E-state index in [2.05, 4.69) is 25.8 Å². The van der Waals surface area contributed by atoms with Gasteiger partial charge in [0, 0.05) is 10.7 Å². The Labute approximate surface area is 165 Å². The van der Waals surface area contributed by atoms with Crippen LogP contribution in [0.2, 0.25) is 5.02 Å². The molecule has 0 saturated heterocycles. The average Bonchev–Trinajstić information content (AvgIpc) is 3.14. The van der Waals surface area contributed by atoms with Crippen molar-refractivity contribution in [3.8, 4) is 5.75 Å². The molecule has 140 valence electrons. The van der Waals surface area contributed by atoms with E-state index in [-0.39, 0.29) is 11.7 Å². The van der Waals surface area contributed by atoms with E-state index in [4.69, 9.17) is 16.3 Å². The maximum atomic E-state index is 12.2. The van der Waals surface area contributed by atoms with Gasteiger partial charge in [-0.25, -0.2) is 4.98 Å². The topological polar surface area (TPSA) is 91.9 Å². The summed E-state index contributed by atoms with van der Waals surface area (Å²) in [6, 6.07) is 14.9. The predicted octanol–water partition coefficient (Wildman–Crippen LogP) is 3.81. The molecule has 0 aliphatic carbocycles. The number of H-pyrrole nitrogens is 1. The molecule has 0 unspecified atom stereocenters. The number of hydrogen-bond donors (Lipinski definition) is 3. The molecular weight excluding hydrogens is 386 g/mol. The predicted molar refractivity (Wildman–Crippen MR) is 108 cm³/mol. The van der Waals surface area contributed by atoms with E-state index in [9.17, 15) is 4.79 Å². The molecule has 1 aromatic heterocycles. The molecule has 27 heavy (non-hydrogen) atoms. The summed E-state index contributed by atoms with van der Waals surface area (Å²) in [7, 11) is 1.53. The molecule has 9 heteroatoms. The Balaban J connectivity index is 1.49. The van der Waals surface area contributed by atoms with Crippen LogP contribution in [0.3, 0.4) is 0 Å². The van der Waals surface area contributed by atoms with Crippen molar-refractivity contribution < 1.29 is 9.53 Å². The number of carbonyl (C=O) groups excluding carboxylic acids is 1. The van der Waals surface area contributed by atoms with Gasteiger partial charge >= 0.3 is 0 Å². The number of para-hydroxylation sites is 1. The van der Waals surface area contributed by atoms with Crippen LogP contribution in [0.15, 0.2) is 53.7 Å². The van der Waals surface area contributed by atoms with Crippen LogP contribution in [-0.4, -0.2) is 34.0 Å². The molecule has 0 fully saturated rings. The fraction of sp³-hybridized carbons (Fsp3) is 0.167. The number of halogens is 1. The van der Waals surface area contributed by atoms with Crippen LogP contribution in [0, 0.1) is 0 Å². The lowest BCUT2D eigenvalue weighted by Crippen LogP contribution is -2.14. The molecule has 3 N–H and O–H groups in total. The minimum Gasteiger partial charge on any atom is -0.495 e. The van der Waals surface area contributed by atoms with Crippen LogP contribution in [0.1, 0.15) is 5.82 Å². The van der Waals surface area contributed by atoms with Crippen LogP contribution in [0.5, 0.6) is 5.75 Å². The molecule has 0 atom stereocenters. The number of ether oxygens (including phenoxy) is 1. The monoisotopic (exact) mass is 403 g/mol. The van der Waals surface area contributed by atoms with Crippen molar-refractivity contribution in [2.24, 2.45) is 0 Å². The zero-order valence-corrected chi connectivity index (χ0v) is 16.1. The van der Waals surface area contributed by atoms with Gasteiger partial charge in [-0.05, 0) is 30.3 Å². The van der Waals surface area contributed by atoms with E-state index in [1.54, 1.807) is 18.2 Å². The van der Waals surface area contributed by atoms with Crippen molar-refractivity contribution in [2.45, 2.75) is 11.7 Å². The molecule has 3 aromatic rings. The van der Waals surface area contributed by atoms with Gasteiger partial charge in [-0.2, -0.15) is 0 Å². The van der Waals surface area contributed by atoms with E-state index in [0.717, 1.165) is 5.69 Å². The molecule has 2 aromatic carbocycles. The average molecular weight is 404 g/mol. The van der Waals surface area contributed by atoms with Gasteiger partial charge in [0.05, 0.1) is 25.1 Å². The van der Waals surface area contributed by atoms with Crippen molar-refractivity contribution in [1.29, 1.82) is 0 Å². The molecule has 0 aliphatic rings. The molecule has 0 spiro atoms. The zero-order valence-electron chi connectivity index (χ0n) is 14.5. The number of carbonyl (C=O) groups is 1. The van der Waals surface area contributed by atoms with Gasteiger partial charge in [-0.1, -0.05) is 41.6 Å². The van der Waals surface area contributed by atoms with Gasteiger partial charge in [0.1, 0.15) is 11.6 Å². The Morgan fingerprint density at radius 2 is 2.07 bits per heavy atom. The molecule has 0 aliphatic heterocycles. The van der Waals surface area contributed by atoms with Gasteiger partial charge in [0.2, 0.25) is 11.1 Å². The first-order chi connectivity index (χ1) is 13.1. The Morgan fingerprint density at radius 1 is 1.26 bits per heavy atom. The number of rotatable bonds is 8. The highest BCUT2D eigenvalue weighted by Gasteiger charge is 2.11. The molecule has 0 radical (unpaired) electrons. The standard InChI is InChI=1S/C18H18ClN5O2S/c1-26-15-8-7-12(19)9-14(15)21-17(25)11-27-18-22-16(23-24-18)10-20-13-5-3-2-4-6-13/h2-9,20H,10-11H2,1H3,(H,21,25)(H,22,23,24). The number of nitrogens with one attached hydrogen (secondary N) is 3. The summed E-state index contributed by atoms with van der Waals surface area (Å²) in [5.41, 5.74) is 1.52. The van der Waals surface area contributed by atoms with Crippen LogP contribution < -0.4 is 15.4 Å². The van der Waals surface area contributed by atoms with Gasteiger partial charge in [0.25, 0.3) is 0 Å². The number of methoxy groups -OCH3 is 1. The number of benzene rings is 2. The number of hydrogen-bond acceptors (Lipinski definition) is 6. The summed E-state index contributed by atoms with van der Waals surface area (Å²) in [5, 5.41) is 14.0. The number of thioether (sulfide) groups is 1. The minimum absolute atomic E-state index is 0.166. The smallest absolute Gasteiger partial charge is 0.234 e. The third-order valence-electron chi connectivity index (χ3n) is 3.51. The molecule has 7 nitrogen and oxygen atoms in total. The van der Waals surface area contributed by atoms with Crippen molar-refractivity contribution in [1.82, 2.24) is 15.2 Å².